The number of aromatic nitrogens is 4. The number of nitrogens with two attached hydrogens (primary N) is 1. The minimum atomic E-state index is -0.646. The summed E-state index contributed by atoms with van der Waals surface area (Å²) in [7, 11) is 1.81. The maximum absolute atomic E-state index is 12.8. The van der Waals surface area contributed by atoms with Gasteiger partial charge >= 0.3 is 5.69 Å². The Kier molecular flexibility index (Phi) is 4.28. The highest BCUT2D eigenvalue weighted by molar-refractivity contribution is 5.71. The van der Waals surface area contributed by atoms with E-state index in [0.29, 0.717) is 24.1 Å². The lowest BCUT2D eigenvalue weighted by Crippen LogP contribution is -2.48. The van der Waals surface area contributed by atoms with Crippen molar-refractivity contribution >= 4 is 11.2 Å². The Morgan fingerprint density at radius 1 is 1.18 bits per heavy atom. The van der Waals surface area contributed by atoms with Gasteiger partial charge in [0.1, 0.15) is 5.82 Å². The van der Waals surface area contributed by atoms with Crippen LogP contribution in [0.25, 0.3) is 11.2 Å². The first-order valence-corrected chi connectivity index (χ1v) is 7.69. The predicted octanol–water partition coefficient (Wildman–Crippen LogP) is 0.606. The van der Waals surface area contributed by atoms with E-state index in [4.69, 9.17) is 5.73 Å². The molecule has 0 saturated carbocycles. The molecule has 2 aromatic heterocycles. The molecule has 0 fully saturated rings. The minimum absolute atomic E-state index is 0.178. The molecule has 7 nitrogen and oxygen atoms in total. The summed E-state index contributed by atoms with van der Waals surface area (Å²) in [4.78, 5) is 30.0. The van der Waals surface area contributed by atoms with Crippen LogP contribution in [0.5, 0.6) is 0 Å². The highest BCUT2D eigenvalue weighted by atomic mass is 16.2. The molecule has 7 heteroatoms. The number of aryl methyl sites for hydroxylation is 3. The van der Waals surface area contributed by atoms with Gasteiger partial charge < -0.3 is 10.3 Å². The van der Waals surface area contributed by atoms with Gasteiger partial charge in [0, 0.05) is 32.1 Å². The molecular weight excluding hydrogens is 282 g/mol. The molecule has 2 aromatic rings. The summed E-state index contributed by atoms with van der Waals surface area (Å²) in [5.74, 6) is 0.793. The van der Waals surface area contributed by atoms with Gasteiger partial charge in [-0.2, -0.15) is 0 Å². The number of hydrogen-bond acceptors (Lipinski definition) is 4. The third kappa shape index (κ3) is 2.72. The van der Waals surface area contributed by atoms with Gasteiger partial charge in [-0.1, -0.05) is 13.8 Å². The fourth-order valence-corrected chi connectivity index (χ4v) is 2.70. The molecule has 0 saturated heterocycles. The average Bonchev–Trinajstić information content (AvgIpc) is 2.75. The molecule has 2 N–H and O–H groups in total. The molecule has 0 aliphatic carbocycles. The lowest BCUT2D eigenvalue weighted by atomic mass is 10.1. The zero-order chi connectivity index (χ0) is 16.7. The first kappa shape index (κ1) is 16.5. The van der Waals surface area contributed by atoms with Gasteiger partial charge in [-0.25, -0.2) is 9.78 Å². The quantitative estimate of drug-likeness (QED) is 0.876. The molecule has 0 atom stereocenters. The summed E-state index contributed by atoms with van der Waals surface area (Å²) < 4.78 is 4.60. The first-order valence-electron chi connectivity index (χ1n) is 7.69. The molecule has 122 valence electrons. The third-order valence-corrected chi connectivity index (χ3v) is 3.66. The number of hydrogen-bond donors (Lipinski definition) is 1. The molecule has 2 heterocycles. The lowest BCUT2D eigenvalue weighted by molar-refractivity contribution is 0.407. The zero-order valence-corrected chi connectivity index (χ0v) is 14.0. The SMILES string of the molecule is CCCn1c(=O)n(CC(C)(C)N)c(=O)c2c1nc(CC)n2C. The van der Waals surface area contributed by atoms with Crippen LogP contribution in [-0.2, 0) is 26.6 Å². The molecular formula is C15H25N5O2. The van der Waals surface area contributed by atoms with Gasteiger partial charge in [0.15, 0.2) is 11.2 Å². The summed E-state index contributed by atoms with van der Waals surface area (Å²) in [5.41, 5.74) is 5.65. The number of fused-ring (bicyclic) bond motifs is 1. The van der Waals surface area contributed by atoms with Crippen LogP contribution in [-0.4, -0.2) is 24.2 Å². The van der Waals surface area contributed by atoms with Crippen molar-refractivity contribution in [3.63, 3.8) is 0 Å². The van der Waals surface area contributed by atoms with Gasteiger partial charge in [0.25, 0.3) is 5.56 Å². The summed E-state index contributed by atoms with van der Waals surface area (Å²) in [6.07, 6.45) is 1.49. The largest absolute Gasteiger partial charge is 0.332 e. The molecule has 2 rings (SSSR count). The van der Waals surface area contributed by atoms with E-state index in [-0.39, 0.29) is 17.8 Å². The van der Waals surface area contributed by atoms with Crippen LogP contribution in [0, 0.1) is 0 Å². The van der Waals surface area contributed by atoms with Crippen LogP contribution >= 0.6 is 0 Å². The minimum Gasteiger partial charge on any atom is -0.325 e. The van der Waals surface area contributed by atoms with Crippen LogP contribution in [0.4, 0.5) is 0 Å². The second kappa shape index (κ2) is 5.72. The Hall–Kier alpha value is -1.89. The van der Waals surface area contributed by atoms with E-state index in [1.54, 1.807) is 23.0 Å². The van der Waals surface area contributed by atoms with Crippen LogP contribution in [0.1, 0.15) is 39.9 Å². The van der Waals surface area contributed by atoms with Crippen LogP contribution in [0.2, 0.25) is 0 Å². The Morgan fingerprint density at radius 2 is 1.82 bits per heavy atom. The van der Waals surface area contributed by atoms with E-state index in [1.165, 1.54) is 4.57 Å². The predicted molar refractivity (Wildman–Crippen MR) is 87.2 cm³/mol. The normalized spacial score (nSPS) is 12.3. The van der Waals surface area contributed by atoms with Gasteiger partial charge in [-0.3, -0.25) is 13.9 Å². The maximum atomic E-state index is 12.8. The molecule has 0 spiro atoms. The van der Waals surface area contributed by atoms with E-state index < -0.39 is 5.54 Å². The third-order valence-electron chi connectivity index (χ3n) is 3.66. The Morgan fingerprint density at radius 3 is 2.32 bits per heavy atom. The van der Waals surface area contributed by atoms with E-state index >= 15 is 0 Å². The second-order valence-corrected chi connectivity index (χ2v) is 6.43. The van der Waals surface area contributed by atoms with E-state index in [0.717, 1.165) is 12.2 Å². The zero-order valence-electron chi connectivity index (χ0n) is 14.0. The lowest BCUT2D eigenvalue weighted by Gasteiger charge is -2.20. The van der Waals surface area contributed by atoms with Gasteiger partial charge in [-0.05, 0) is 20.3 Å². The number of imidazole rings is 1. The fraction of sp³-hybridized carbons (Fsp3) is 0.667. The van der Waals surface area contributed by atoms with Crippen molar-refractivity contribution in [1.82, 2.24) is 18.7 Å². The van der Waals surface area contributed by atoms with E-state index in [2.05, 4.69) is 4.98 Å². The fourth-order valence-electron chi connectivity index (χ4n) is 2.70. The molecule has 22 heavy (non-hydrogen) atoms. The highest BCUT2D eigenvalue weighted by Gasteiger charge is 2.22. The van der Waals surface area contributed by atoms with Crippen molar-refractivity contribution < 1.29 is 0 Å². The van der Waals surface area contributed by atoms with Crippen molar-refractivity contribution in [2.75, 3.05) is 0 Å². The highest BCUT2D eigenvalue weighted by Crippen LogP contribution is 2.11. The van der Waals surface area contributed by atoms with Crippen LogP contribution in [0.3, 0.4) is 0 Å². The van der Waals surface area contributed by atoms with Crippen molar-refractivity contribution in [2.45, 2.75) is 59.2 Å². The van der Waals surface area contributed by atoms with Gasteiger partial charge in [0.05, 0.1) is 0 Å². The molecule has 0 bridgehead atoms. The average molecular weight is 307 g/mol. The summed E-state index contributed by atoms with van der Waals surface area (Å²) in [6, 6.07) is 0. The van der Waals surface area contributed by atoms with E-state index in [9.17, 15) is 9.59 Å². The second-order valence-electron chi connectivity index (χ2n) is 6.43. The summed E-state index contributed by atoms with van der Waals surface area (Å²) >= 11 is 0. The van der Waals surface area contributed by atoms with Gasteiger partial charge in [-0.15, -0.1) is 0 Å². The molecule has 0 radical (unpaired) electrons. The molecule has 0 aromatic carbocycles. The van der Waals surface area contributed by atoms with E-state index in [1.807, 2.05) is 20.9 Å². The monoisotopic (exact) mass is 307 g/mol. The van der Waals surface area contributed by atoms with Crippen molar-refractivity contribution in [3.8, 4) is 0 Å². The van der Waals surface area contributed by atoms with Crippen molar-refractivity contribution in [2.24, 2.45) is 12.8 Å². The van der Waals surface area contributed by atoms with Crippen LogP contribution in [0.15, 0.2) is 9.59 Å². The summed E-state index contributed by atoms with van der Waals surface area (Å²) in [6.45, 7) is 8.27. The Labute approximate surface area is 129 Å². The molecule has 0 amide bonds. The number of nitrogens with zero attached hydrogens (tertiary/aromatic N) is 4. The number of rotatable bonds is 5. The Bertz CT molecular complexity index is 804. The standard InChI is InChI=1S/C15H25N5O2/c1-6-8-19-12-11(18(5)10(7-2)17-12)13(21)20(14(19)22)9-15(3,4)16/h6-9,16H2,1-5H3. The molecule has 0 aliphatic rings. The Balaban J connectivity index is 2.90. The van der Waals surface area contributed by atoms with Gasteiger partial charge in [0.2, 0.25) is 0 Å². The molecule has 0 unspecified atom stereocenters. The van der Waals surface area contributed by atoms with Crippen molar-refractivity contribution in [3.05, 3.63) is 26.7 Å². The topological polar surface area (TPSA) is 87.8 Å². The van der Waals surface area contributed by atoms with Crippen molar-refractivity contribution in [1.29, 1.82) is 0 Å². The first-order chi connectivity index (χ1) is 10.2. The van der Waals surface area contributed by atoms with Crippen LogP contribution < -0.4 is 17.0 Å². The summed E-state index contributed by atoms with van der Waals surface area (Å²) in [5, 5.41) is 0. The smallest absolute Gasteiger partial charge is 0.325 e. The maximum Gasteiger partial charge on any atom is 0.332 e. The molecule has 0 aliphatic heterocycles.